The molecule has 0 aromatic heterocycles. The van der Waals surface area contributed by atoms with Crippen LogP contribution in [0.15, 0.2) is 12.2 Å². The van der Waals surface area contributed by atoms with E-state index >= 15 is 0 Å². The number of rotatable bonds is 1. The van der Waals surface area contributed by atoms with E-state index in [-0.39, 0.29) is 5.54 Å². The molecule has 2 nitrogen and oxygen atoms in total. The molecule has 1 unspecified atom stereocenters. The highest BCUT2D eigenvalue weighted by Crippen LogP contribution is 2.56. The molecule has 14 heavy (non-hydrogen) atoms. The number of nitrogens with two attached hydrogens (primary N) is 1. The van der Waals surface area contributed by atoms with Gasteiger partial charge in [0.15, 0.2) is 0 Å². The van der Waals surface area contributed by atoms with Gasteiger partial charge in [-0.2, -0.15) is 0 Å². The van der Waals surface area contributed by atoms with E-state index in [0.717, 1.165) is 19.0 Å². The molecule has 3 aliphatic rings. The summed E-state index contributed by atoms with van der Waals surface area (Å²) < 4.78 is 0. The summed E-state index contributed by atoms with van der Waals surface area (Å²) in [6.07, 6.45) is 11.1. The fraction of sp³-hybridized carbons (Fsp3) is 0.833. The number of allylic oxidation sites excluding steroid dienone is 1. The molecular formula is C12H20N2. The largest absolute Gasteiger partial charge is 0.321 e. The zero-order valence-electron chi connectivity index (χ0n) is 8.76. The number of hydrogen-bond donors (Lipinski definition) is 2. The van der Waals surface area contributed by atoms with Gasteiger partial charge in [-0.25, -0.2) is 0 Å². The Morgan fingerprint density at radius 1 is 1.21 bits per heavy atom. The molecule has 1 saturated carbocycles. The standard InChI is InChI=1S/C12H20N2/c13-12(10-2-3-10)5-1-4-11(12)6-8-14-9-7-11/h1,5,10,14H,2-4,6-9,13H2. The van der Waals surface area contributed by atoms with Crippen molar-refractivity contribution in [3.05, 3.63) is 12.2 Å². The molecule has 0 bridgehead atoms. The third-order valence-electron chi connectivity index (χ3n) is 4.63. The lowest BCUT2D eigenvalue weighted by Crippen LogP contribution is -2.57. The van der Waals surface area contributed by atoms with E-state index in [4.69, 9.17) is 5.73 Å². The smallest absolute Gasteiger partial charge is 0.0428 e. The van der Waals surface area contributed by atoms with Crippen LogP contribution in [0.3, 0.4) is 0 Å². The normalized spacial score (nSPS) is 40.6. The first-order chi connectivity index (χ1) is 6.77. The van der Waals surface area contributed by atoms with Crippen LogP contribution in [0.2, 0.25) is 0 Å². The third-order valence-corrected chi connectivity index (χ3v) is 4.63. The molecule has 78 valence electrons. The molecule has 1 atom stereocenters. The number of piperidine rings is 1. The van der Waals surface area contributed by atoms with E-state index < -0.39 is 0 Å². The van der Waals surface area contributed by atoms with Gasteiger partial charge in [0.05, 0.1) is 0 Å². The Morgan fingerprint density at radius 2 is 1.93 bits per heavy atom. The van der Waals surface area contributed by atoms with Crippen LogP contribution < -0.4 is 11.1 Å². The average Bonchev–Trinajstić information content (AvgIpc) is 2.99. The number of nitrogens with one attached hydrogen (secondary N) is 1. The van der Waals surface area contributed by atoms with Crippen LogP contribution in [0, 0.1) is 11.3 Å². The molecule has 0 radical (unpaired) electrons. The van der Waals surface area contributed by atoms with Crippen molar-refractivity contribution in [1.82, 2.24) is 5.32 Å². The van der Waals surface area contributed by atoms with Crippen molar-refractivity contribution in [3.8, 4) is 0 Å². The van der Waals surface area contributed by atoms with Gasteiger partial charge in [-0.15, -0.1) is 0 Å². The highest BCUT2D eigenvalue weighted by Gasteiger charge is 2.56. The second kappa shape index (κ2) is 2.83. The van der Waals surface area contributed by atoms with Crippen molar-refractivity contribution in [2.75, 3.05) is 13.1 Å². The van der Waals surface area contributed by atoms with Crippen molar-refractivity contribution >= 4 is 0 Å². The molecule has 0 aromatic rings. The van der Waals surface area contributed by atoms with Gasteiger partial charge in [-0.05, 0) is 56.5 Å². The SMILES string of the molecule is NC1(C2CC2)C=CCC12CCNCC2. The van der Waals surface area contributed by atoms with Gasteiger partial charge >= 0.3 is 0 Å². The fourth-order valence-corrected chi connectivity index (χ4v) is 3.51. The first kappa shape index (κ1) is 8.93. The van der Waals surface area contributed by atoms with E-state index in [0.29, 0.717) is 5.41 Å². The second-order valence-corrected chi connectivity index (χ2v) is 5.34. The molecular weight excluding hydrogens is 172 g/mol. The summed E-state index contributed by atoms with van der Waals surface area (Å²) in [4.78, 5) is 0. The van der Waals surface area contributed by atoms with Gasteiger partial charge in [0.2, 0.25) is 0 Å². The summed E-state index contributed by atoms with van der Waals surface area (Å²) in [7, 11) is 0. The van der Waals surface area contributed by atoms with E-state index in [1.807, 2.05) is 0 Å². The average molecular weight is 192 g/mol. The molecule has 1 spiro atoms. The van der Waals surface area contributed by atoms with E-state index in [9.17, 15) is 0 Å². The van der Waals surface area contributed by atoms with E-state index in [2.05, 4.69) is 17.5 Å². The van der Waals surface area contributed by atoms with Crippen LogP contribution in [0.1, 0.15) is 32.1 Å². The van der Waals surface area contributed by atoms with Crippen molar-refractivity contribution in [2.45, 2.75) is 37.6 Å². The van der Waals surface area contributed by atoms with Crippen LogP contribution >= 0.6 is 0 Å². The van der Waals surface area contributed by atoms with Gasteiger partial charge in [0.25, 0.3) is 0 Å². The Balaban J connectivity index is 1.90. The molecule has 2 aliphatic carbocycles. The molecule has 2 fully saturated rings. The maximum absolute atomic E-state index is 6.66. The second-order valence-electron chi connectivity index (χ2n) is 5.34. The Bertz CT molecular complexity index is 261. The molecule has 1 heterocycles. The quantitative estimate of drug-likeness (QED) is 0.617. The van der Waals surface area contributed by atoms with Crippen LogP contribution in [0.25, 0.3) is 0 Å². The fourth-order valence-electron chi connectivity index (χ4n) is 3.51. The summed E-state index contributed by atoms with van der Waals surface area (Å²) in [5, 5.41) is 3.45. The lowest BCUT2D eigenvalue weighted by Gasteiger charge is -2.46. The van der Waals surface area contributed by atoms with Gasteiger partial charge in [-0.1, -0.05) is 12.2 Å². The predicted octanol–water partition coefficient (Wildman–Crippen LogP) is 1.42. The Labute approximate surface area is 85.9 Å². The third kappa shape index (κ3) is 1.04. The lowest BCUT2D eigenvalue weighted by molar-refractivity contribution is 0.108. The lowest BCUT2D eigenvalue weighted by atomic mass is 9.64. The predicted molar refractivity (Wildman–Crippen MR) is 57.9 cm³/mol. The topological polar surface area (TPSA) is 38.0 Å². The Hall–Kier alpha value is -0.340. The monoisotopic (exact) mass is 192 g/mol. The highest BCUT2D eigenvalue weighted by atomic mass is 14.9. The minimum Gasteiger partial charge on any atom is -0.321 e. The Morgan fingerprint density at radius 3 is 2.57 bits per heavy atom. The highest BCUT2D eigenvalue weighted by molar-refractivity contribution is 5.27. The Kier molecular flexibility index (Phi) is 1.80. The maximum Gasteiger partial charge on any atom is 0.0428 e. The number of hydrogen-bond acceptors (Lipinski definition) is 2. The van der Waals surface area contributed by atoms with Crippen molar-refractivity contribution in [2.24, 2.45) is 17.1 Å². The molecule has 1 saturated heterocycles. The summed E-state index contributed by atoms with van der Waals surface area (Å²) >= 11 is 0. The van der Waals surface area contributed by atoms with Crippen molar-refractivity contribution in [1.29, 1.82) is 0 Å². The first-order valence-electron chi connectivity index (χ1n) is 5.94. The summed E-state index contributed by atoms with van der Waals surface area (Å²) in [6, 6.07) is 0. The minimum absolute atomic E-state index is 0.0507. The molecule has 0 amide bonds. The van der Waals surface area contributed by atoms with Gasteiger partial charge in [-0.3, -0.25) is 0 Å². The van der Waals surface area contributed by atoms with E-state index in [1.165, 1.54) is 32.1 Å². The van der Waals surface area contributed by atoms with Crippen molar-refractivity contribution in [3.63, 3.8) is 0 Å². The van der Waals surface area contributed by atoms with Crippen LogP contribution in [-0.2, 0) is 0 Å². The molecule has 3 rings (SSSR count). The maximum atomic E-state index is 6.66. The van der Waals surface area contributed by atoms with E-state index in [1.54, 1.807) is 0 Å². The van der Waals surface area contributed by atoms with Crippen LogP contribution in [-0.4, -0.2) is 18.6 Å². The van der Waals surface area contributed by atoms with Gasteiger partial charge in [0, 0.05) is 5.54 Å². The zero-order chi connectivity index (χ0) is 9.65. The summed E-state index contributed by atoms with van der Waals surface area (Å²) in [6.45, 7) is 2.32. The summed E-state index contributed by atoms with van der Waals surface area (Å²) in [5.41, 5.74) is 7.13. The first-order valence-corrected chi connectivity index (χ1v) is 5.94. The molecule has 3 N–H and O–H groups in total. The van der Waals surface area contributed by atoms with Crippen LogP contribution in [0.4, 0.5) is 0 Å². The van der Waals surface area contributed by atoms with Crippen LogP contribution in [0.5, 0.6) is 0 Å². The van der Waals surface area contributed by atoms with Crippen molar-refractivity contribution < 1.29 is 0 Å². The zero-order valence-corrected chi connectivity index (χ0v) is 8.76. The molecule has 0 aromatic carbocycles. The van der Waals surface area contributed by atoms with Gasteiger partial charge < -0.3 is 11.1 Å². The minimum atomic E-state index is 0.0507. The van der Waals surface area contributed by atoms with Gasteiger partial charge in [0.1, 0.15) is 0 Å². The molecule has 1 aliphatic heterocycles. The molecule has 2 heteroatoms. The summed E-state index contributed by atoms with van der Waals surface area (Å²) in [5.74, 6) is 0.791.